The van der Waals surface area contributed by atoms with Gasteiger partial charge in [-0.3, -0.25) is 4.79 Å². The fourth-order valence-corrected chi connectivity index (χ4v) is 2.26. The van der Waals surface area contributed by atoms with Crippen molar-refractivity contribution < 1.29 is 35.9 Å². The van der Waals surface area contributed by atoms with E-state index in [0.29, 0.717) is 12.1 Å². The molecule has 0 spiro atoms. The molecule has 0 aliphatic carbocycles. The van der Waals surface area contributed by atoms with E-state index in [9.17, 15) is 31.1 Å². The largest absolute Gasteiger partial charge is 0.416 e. The van der Waals surface area contributed by atoms with E-state index < -0.39 is 35.0 Å². The van der Waals surface area contributed by atoms with Gasteiger partial charge in [-0.1, -0.05) is 0 Å². The van der Waals surface area contributed by atoms with Crippen LogP contribution >= 0.6 is 0 Å². The standard InChI is InChI=1S/C14H13F6NO2/c1-8-7-21(2-3-23-8)12(22)9-4-10(13(15,16)17)6-11(5-9)14(18,19)20/h4-6,8H,2-3,7H2,1H3. The summed E-state index contributed by atoms with van der Waals surface area (Å²) in [5.41, 5.74) is -3.64. The molecule has 1 unspecified atom stereocenters. The molecule has 1 aromatic carbocycles. The Balaban J connectivity index is 2.42. The average molecular weight is 341 g/mol. The second-order valence-electron chi connectivity index (χ2n) is 5.23. The zero-order valence-electron chi connectivity index (χ0n) is 12.0. The lowest BCUT2D eigenvalue weighted by atomic mass is 10.0. The highest BCUT2D eigenvalue weighted by atomic mass is 19.4. The van der Waals surface area contributed by atoms with Crippen LogP contribution in [0.15, 0.2) is 18.2 Å². The van der Waals surface area contributed by atoms with Crippen LogP contribution in [-0.4, -0.2) is 36.6 Å². The Hall–Kier alpha value is -1.77. The van der Waals surface area contributed by atoms with Gasteiger partial charge in [-0.05, 0) is 25.1 Å². The number of rotatable bonds is 1. The molecule has 3 nitrogen and oxygen atoms in total. The number of carbonyl (C=O) groups is 1. The molecule has 1 saturated heterocycles. The Morgan fingerprint density at radius 1 is 1.09 bits per heavy atom. The molecule has 1 aliphatic heterocycles. The third-order valence-electron chi connectivity index (χ3n) is 3.36. The summed E-state index contributed by atoms with van der Waals surface area (Å²) < 4.78 is 81.9. The van der Waals surface area contributed by atoms with Crippen molar-refractivity contribution in [3.05, 3.63) is 34.9 Å². The first-order valence-corrected chi connectivity index (χ1v) is 6.69. The number of carbonyl (C=O) groups excluding carboxylic acids is 1. The van der Waals surface area contributed by atoms with E-state index in [4.69, 9.17) is 4.74 Å². The zero-order chi connectivity index (χ0) is 17.4. The number of hydrogen-bond acceptors (Lipinski definition) is 2. The van der Waals surface area contributed by atoms with Gasteiger partial charge in [0.2, 0.25) is 0 Å². The smallest absolute Gasteiger partial charge is 0.375 e. The predicted octanol–water partition coefficient (Wildman–Crippen LogP) is 3.59. The van der Waals surface area contributed by atoms with Crippen LogP contribution in [0.1, 0.15) is 28.4 Å². The summed E-state index contributed by atoms with van der Waals surface area (Å²) in [4.78, 5) is 13.4. The Morgan fingerprint density at radius 3 is 2.04 bits per heavy atom. The Labute approximate surface area is 127 Å². The number of amides is 1. The maximum absolute atomic E-state index is 12.8. The first-order chi connectivity index (χ1) is 10.5. The van der Waals surface area contributed by atoms with E-state index in [0.717, 1.165) is 0 Å². The summed E-state index contributed by atoms with van der Waals surface area (Å²) in [5.74, 6) is -0.878. The summed E-state index contributed by atoms with van der Waals surface area (Å²) >= 11 is 0. The summed E-state index contributed by atoms with van der Waals surface area (Å²) in [5, 5.41) is 0. The molecule has 1 heterocycles. The third kappa shape index (κ3) is 4.15. The van der Waals surface area contributed by atoms with Crippen molar-refractivity contribution >= 4 is 5.91 Å². The SMILES string of the molecule is CC1CN(C(=O)c2cc(C(F)(F)F)cc(C(F)(F)F)c2)CCO1. The fraction of sp³-hybridized carbons (Fsp3) is 0.500. The maximum atomic E-state index is 12.8. The Morgan fingerprint density at radius 2 is 1.61 bits per heavy atom. The minimum absolute atomic E-state index is 0.00127. The Bertz CT molecular complexity index is 564. The molecule has 1 amide bonds. The molecular formula is C14H13F6NO2. The molecule has 0 bridgehead atoms. The van der Waals surface area contributed by atoms with Crippen LogP contribution < -0.4 is 0 Å². The van der Waals surface area contributed by atoms with Crippen LogP contribution in [0.5, 0.6) is 0 Å². The molecule has 0 radical (unpaired) electrons. The molecule has 0 aromatic heterocycles. The number of ether oxygens (including phenoxy) is 1. The second kappa shape index (κ2) is 6.03. The summed E-state index contributed by atoms with van der Waals surface area (Å²) in [6.45, 7) is 2.06. The highest BCUT2D eigenvalue weighted by Crippen LogP contribution is 2.36. The first kappa shape index (κ1) is 17.6. The second-order valence-corrected chi connectivity index (χ2v) is 5.23. The highest BCUT2D eigenvalue weighted by Gasteiger charge is 2.38. The number of morpholine rings is 1. The molecule has 2 rings (SSSR count). The van der Waals surface area contributed by atoms with Crippen LogP contribution in [0, 0.1) is 0 Å². The van der Waals surface area contributed by atoms with Crippen molar-refractivity contribution in [2.24, 2.45) is 0 Å². The van der Waals surface area contributed by atoms with E-state index >= 15 is 0 Å². The van der Waals surface area contributed by atoms with Crippen molar-refractivity contribution in [1.29, 1.82) is 0 Å². The van der Waals surface area contributed by atoms with Gasteiger partial charge in [-0.2, -0.15) is 26.3 Å². The fourth-order valence-electron chi connectivity index (χ4n) is 2.26. The van der Waals surface area contributed by atoms with Crippen LogP contribution in [-0.2, 0) is 17.1 Å². The molecular weight excluding hydrogens is 328 g/mol. The van der Waals surface area contributed by atoms with Gasteiger partial charge in [0.25, 0.3) is 5.91 Å². The molecule has 1 aliphatic rings. The highest BCUT2D eigenvalue weighted by molar-refractivity contribution is 5.94. The molecule has 0 N–H and O–H groups in total. The normalized spacial score (nSPS) is 19.8. The number of nitrogens with zero attached hydrogens (tertiary/aromatic N) is 1. The minimum Gasteiger partial charge on any atom is -0.375 e. The van der Waals surface area contributed by atoms with Gasteiger partial charge in [0.15, 0.2) is 0 Å². The predicted molar refractivity (Wildman–Crippen MR) is 67.8 cm³/mol. The van der Waals surface area contributed by atoms with Crippen LogP contribution in [0.4, 0.5) is 26.3 Å². The molecule has 23 heavy (non-hydrogen) atoms. The zero-order valence-corrected chi connectivity index (χ0v) is 12.0. The van der Waals surface area contributed by atoms with Gasteiger partial charge in [0.05, 0.1) is 23.8 Å². The molecule has 0 saturated carbocycles. The van der Waals surface area contributed by atoms with Crippen LogP contribution in [0.2, 0.25) is 0 Å². The maximum Gasteiger partial charge on any atom is 0.416 e. The molecule has 9 heteroatoms. The topological polar surface area (TPSA) is 29.5 Å². The van der Waals surface area contributed by atoms with Gasteiger partial charge >= 0.3 is 12.4 Å². The lowest BCUT2D eigenvalue weighted by molar-refractivity contribution is -0.143. The third-order valence-corrected chi connectivity index (χ3v) is 3.36. The van der Waals surface area contributed by atoms with E-state index in [1.807, 2.05) is 0 Å². The molecule has 1 fully saturated rings. The van der Waals surface area contributed by atoms with Crippen LogP contribution in [0.25, 0.3) is 0 Å². The summed E-state index contributed by atoms with van der Waals surface area (Å²) in [7, 11) is 0. The molecule has 1 atom stereocenters. The lowest BCUT2D eigenvalue weighted by Gasteiger charge is -2.31. The minimum atomic E-state index is -4.98. The van der Waals surface area contributed by atoms with Crippen molar-refractivity contribution in [2.45, 2.75) is 25.4 Å². The van der Waals surface area contributed by atoms with Gasteiger partial charge in [0.1, 0.15) is 0 Å². The van der Waals surface area contributed by atoms with E-state index in [-0.39, 0.29) is 31.9 Å². The quantitative estimate of drug-likeness (QED) is 0.731. The van der Waals surface area contributed by atoms with Gasteiger partial charge in [-0.15, -0.1) is 0 Å². The summed E-state index contributed by atoms with van der Waals surface area (Å²) in [6.07, 6.45) is -10.3. The number of hydrogen-bond donors (Lipinski definition) is 0. The van der Waals surface area contributed by atoms with Gasteiger partial charge in [-0.25, -0.2) is 0 Å². The summed E-state index contributed by atoms with van der Waals surface area (Å²) in [6, 6.07) is 0.883. The number of halogens is 6. The average Bonchev–Trinajstić information content (AvgIpc) is 2.44. The van der Waals surface area contributed by atoms with Gasteiger partial charge in [0, 0.05) is 18.7 Å². The molecule has 1 aromatic rings. The van der Waals surface area contributed by atoms with Gasteiger partial charge < -0.3 is 9.64 Å². The van der Waals surface area contributed by atoms with E-state index in [1.165, 1.54) is 4.90 Å². The number of alkyl halides is 6. The number of benzene rings is 1. The van der Waals surface area contributed by atoms with E-state index in [2.05, 4.69) is 0 Å². The van der Waals surface area contributed by atoms with Crippen molar-refractivity contribution in [3.63, 3.8) is 0 Å². The van der Waals surface area contributed by atoms with Crippen molar-refractivity contribution in [2.75, 3.05) is 19.7 Å². The molecule has 128 valence electrons. The monoisotopic (exact) mass is 341 g/mol. The van der Waals surface area contributed by atoms with Crippen LogP contribution in [0.3, 0.4) is 0 Å². The van der Waals surface area contributed by atoms with E-state index in [1.54, 1.807) is 6.92 Å². The van der Waals surface area contributed by atoms with Crippen molar-refractivity contribution in [3.8, 4) is 0 Å². The lowest BCUT2D eigenvalue weighted by Crippen LogP contribution is -2.44. The Kier molecular flexibility index (Phi) is 4.61. The first-order valence-electron chi connectivity index (χ1n) is 6.69. The van der Waals surface area contributed by atoms with Crippen molar-refractivity contribution in [1.82, 2.24) is 4.90 Å².